The normalized spacial score (nSPS) is 29.4. The maximum Gasteiger partial charge on any atom is 0.330 e. The number of rotatable bonds is 9. The Morgan fingerprint density at radius 2 is 1.79 bits per heavy atom. The summed E-state index contributed by atoms with van der Waals surface area (Å²) in [6.45, 7) is 12.0. The second-order valence-corrected chi connectivity index (χ2v) is 13.4. The van der Waals surface area contributed by atoms with E-state index in [2.05, 4.69) is 45.3 Å². The maximum atomic E-state index is 12.6. The molecule has 0 aromatic heterocycles. The van der Waals surface area contributed by atoms with Crippen molar-refractivity contribution < 1.29 is 19.1 Å². The maximum absolute atomic E-state index is 12.6. The summed E-state index contributed by atoms with van der Waals surface area (Å²) in [4.78, 5) is 36.6. The van der Waals surface area contributed by atoms with Crippen molar-refractivity contribution in [2.75, 3.05) is 19.6 Å². The monoisotopic (exact) mass is 540 g/mol. The van der Waals surface area contributed by atoms with Crippen LogP contribution in [0.5, 0.6) is 5.75 Å². The van der Waals surface area contributed by atoms with E-state index in [0.29, 0.717) is 41.9 Å². The minimum atomic E-state index is -0.710. The van der Waals surface area contributed by atoms with Crippen molar-refractivity contribution in [2.45, 2.75) is 97.4 Å². The summed E-state index contributed by atoms with van der Waals surface area (Å²) in [6, 6.07) is 3.30. The van der Waals surface area contributed by atoms with Gasteiger partial charge in [-0.15, -0.1) is 0 Å². The molecule has 3 aliphatic carbocycles. The molecule has 8 nitrogen and oxygen atoms in total. The fraction of sp³-hybridized carbons (Fsp3) is 0.710. The van der Waals surface area contributed by atoms with Gasteiger partial charge in [-0.3, -0.25) is 9.59 Å². The van der Waals surface area contributed by atoms with Gasteiger partial charge in [0, 0.05) is 0 Å². The van der Waals surface area contributed by atoms with Crippen LogP contribution in [0.3, 0.4) is 0 Å². The van der Waals surface area contributed by atoms with Gasteiger partial charge >= 0.3 is 5.97 Å². The average molecular weight is 541 g/mol. The van der Waals surface area contributed by atoms with Crippen molar-refractivity contribution in [3.63, 3.8) is 0 Å². The number of benzene rings is 1. The summed E-state index contributed by atoms with van der Waals surface area (Å²) in [5.41, 5.74) is 16.0. The third kappa shape index (κ3) is 5.73. The number of hydrogen-bond donors (Lipinski definition) is 4. The molecule has 5 atom stereocenters. The first-order valence-electron chi connectivity index (χ1n) is 14.7. The highest BCUT2D eigenvalue weighted by atomic mass is 16.5. The third-order valence-corrected chi connectivity index (χ3v) is 10.3. The number of hydrogen-bond acceptors (Lipinski definition) is 6. The standard InChI is InChI=1S/C31H48N4O4/c1-19-14-21(39-26(37)18-34-25(36)17-35-28(38)22(33)8-6-13-32)15-20-16-24-30(4)11-7-10-29(2,3)23(30)9-12-31(24,5)27(19)20/h14-15,22-24H,6-13,16-18,32-33H2,1-5H3,(H,34,36)(H,35,38)/t22?,23-,24+,30-,31+/m0/s1. The molecule has 1 unspecified atom stereocenters. The highest BCUT2D eigenvalue weighted by molar-refractivity contribution is 5.89. The van der Waals surface area contributed by atoms with Crippen molar-refractivity contribution in [1.82, 2.24) is 10.6 Å². The quantitative estimate of drug-likeness (QED) is 0.280. The molecule has 2 amide bonds. The Bertz CT molecular complexity index is 1120. The molecule has 3 aliphatic rings. The lowest BCUT2D eigenvalue weighted by Crippen LogP contribution is -2.55. The van der Waals surface area contributed by atoms with Crippen molar-refractivity contribution in [3.05, 3.63) is 28.8 Å². The van der Waals surface area contributed by atoms with Crippen LogP contribution in [0.2, 0.25) is 0 Å². The Hall–Kier alpha value is -2.45. The van der Waals surface area contributed by atoms with E-state index in [0.717, 1.165) is 12.3 Å². The van der Waals surface area contributed by atoms with E-state index in [1.807, 2.05) is 12.1 Å². The summed E-state index contributed by atoms with van der Waals surface area (Å²) in [6.07, 6.45) is 8.47. The van der Waals surface area contributed by atoms with Crippen LogP contribution in [0.4, 0.5) is 0 Å². The van der Waals surface area contributed by atoms with Crippen LogP contribution in [0.25, 0.3) is 0 Å². The molecule has 2 fully saturated rings. The van der Waals surface area contributed by atoms with Crippen LogP contribution in [-0.2, 0) is 26.2 Å². The Morgan fingerprint density at radius 3 is 2.51 bits per heavy atom. The molecule has 0 saturated heterocycles. The van der Waals surface area contributed by atoms with Crippen LogP contribution in [0.1, 0.15) is 89.3 Å². The zero-order valence-electron chi connectivity index (χ0n) is 24.5. The molecule has 0 heterocycles. The molecule has 0 bridgehead atoms. The number of carbonyl (C=O) groups excluding carboxylic acids is 3. The zero-order chi connectivity index (χ0) is 28.6. The van der Waals surface area contributed by atoms with E-state index in [1.165, 1.54) is 48.8 Å². The minimum absolute atomic E-state index is 0.145. The van der Waals surface area contributed by atoms with E-state index < -0.39 is 23.8 Å². The van der Waals surface area contributed by atoms with Crippen LogP contribution < -0.4 is 26.8 Å². The lowest BCUT2D eigenvalue weighted by molar-refractivity contribution is -0.135. The molecule has 1 aromatic carbocycles. The fourth-order valence-corrected chi connectivity index (χ4v) is 8.66. The number of nitrogens with two attached hydrogens (primary N) is 2. The predicted octanol–water partition coefficient (Wildman–Crippen LogP) is 3.26. The first kappa shape index (κ1) is 29.5. The van der Waals surface area contributed by atoms with E-state index in [9.17, 15) is 14.4 Å². The number of carbonyl (C=O) groups is 3. The highest BCUT2D eigenvalue weighted by Crippen LogP contribution is 2.67. The first-order valence-corrected chi connectivity index (χ1v) is 14.7. The van der Waals surface area contributed by atoms with Crippen LogP contribution >= 0.6 is 0 Å². The number of aryl methyl sites for hydroxylation is 1. The Morgan fingerprint density at radius 1 is 1.05 bits per heavy atom. The molecule has 4 rings (SSSR count). The molecule has 216 valence electrons. The lowest BCUT2D eigenvalue weighted by atomic mass is 9.43. The summed E-state index contributed by atoms with van der Waals surface area (Å²) in [5, 5.41) is 5.00. The van der Waals surface area contributed by atoms with E-state index in [-0.39, 0.29) is 18.5 Å². The summed E-state index contributed by atoms with van der Waals surface area (Å²) in [5.74, 6) is 0.404. The lowest BCUT2D eigenvalue weighted by Gasteiger charge is -2.61. The van der Waals surface area contributed by atoms with Gasteiger partial charge in [0.1, 0.15) is 12.3 Å². The fourth-order valence-electron chi connectivity index (χ4n) is 8.66. The van der Waals surface area contributed by atoms with Gasteiger partial charge in [-0.1, -0.05) is 34.1 Å². The average Bonchev–Trinajstić information content (AvgIpc) is 3.17. The van der Waals surface area contributed by atoms with Gasteiger partial charge in [-0.05, 0) is 115 Å². The predicted molar refractivity (Wildman–Crippen MR) is 152 cm³/mol. The topological polar surface area (TPSA) is 137 Å². The molecule has 0 aliphatic heterocycles. The molecule has 6 N–H and O–H groups in total. The molecule has 1 aromatic rings. The van der Waals surface area contributed by atoms with Gasteiger partial charge in [-0.2, -0.15) is 0 Å². The van der Waals surface area contributed by atoms with E-state index in [4.69, 9.17) is 16.2 Å². The number of amides is 2. The Balaban J connectivity index is 1.37. The molecular formula is C31H48N4O4. The highest BCUT2D eigenvalue weighted by Gasteiger charge is 2.61. The molecule has 0 radical (unpaired) electrons. The van der Waals surface area contributed by atoms with Crippen molar-refractivity contribution in [2.24, 2.45) is 34.1 Å². The molecule has 8 heteroatoms. The van der Waals surface area contributed by atoms with E-state index in [1.54, 1.807) is 0 Å². The number of ether oxygens (including phenoxy) is 1. The second-order valence-electron chi connectivity index (χ2n) is 13.4. The Labute approximate surface area is 233 Å². The largest absolute Gasteiger partial charge is 0.425 e. The van der Waals surface area contributed by atoms with Crippen molar-refractivity contribution >= 4 is 17.8 Å². The second kappa shape index (κ2) is 11.2. The van der Waals surface area contributed by atoms with Gasteiger partial charge in [0.2, 0.25) is 11.8 Å². The minimum Gasteiger partial charge on any atom is -0.425 e. The van der Waals surface area contributed by atoms with Crippen molar-refractivity contribution in [1.29, 1.82) is 0 Å². The van der Waals surface area contributed by atoms with Crippen LogP contribution in [-0.4, -0.2) is 43.5 Å². The number of esters is 1. The van der Waals surface area contributed by atoms with Gasteiger partial charge in [0.15, 0.2) is 0 Å². The molecular weight excluding hydrogens is 492 g/mol. The molecule has 0 spiro atoms. The van der Waals surface area contributed by atoms with Gasteiger partial charge in [0.25, 0.3) is 0 Å². The molecule has 2 saturated carbocycles. The number of fused-ring (bicyclic) bond motifs is 5. The van der Waals surface area contributed by atoms with Crippen LogP contribution in [0.15, 0.2) is 12.1 Å². The summed E-state index contributed by atoms with van der Waals surface area (Å²) < 4.78 is 5.66. The van der Waals surface area contributed by atoms with Gasteiger partial charge in [-0.25, -0.2) is 4.79 Å². The SMILES string of the molecule is Cc1cc(OC(=O)CNC(=O)CNC(=O)C(N)CCCN)cc2c1[C@]1(C)CC[C@H]3C(C)(C)CCC[C@]3(C)[C@H]1C2. The van der Waals surface area contributed by atoms with Crippen LogP contribution in [0, 0.1) is 29.6 Å². The number of nitrogens with one attached hydrogen (secondary N) is 2. The smallest absolute Gasteiger partial charge is 0.330 e. The van der Waals surface area contributed by atoms with E-state index >= 15 is 0 Å². The first-order chi connectivity index (χ1) is 18.3. The van der Waals surface area contributed by atoms with Gasteiger partial charge < -0.3 is 26.8 Å². The summed E-state index contributed by atoms with van der Waals surface area (Å²) in [7, 11) is 0. The van der Waals surface area contributed by atoms with Gasteiger partial charge in [0.05, 0.1) is 12.6 Å². The zero-order valence-corrected chi connectivity index (χ0v) is 24.5. The third-order valence-electron chi connectivity index (χ3n) is 10.3. The molecule has 39 heavy (non-hydrogen) atoms. The van der Waals surface area contributed by atoms with Crippen molar-refractivity contribution in [3.8, 4) is 5.75 Å². The summed E-state index contributed by atoms with van der Waals surface area (Å²) >= 11 is 0. The Kier molecular flexibility index (Phi) is 8.48.